The van der Waals surface area contributed by atoms with E-state index in [0.717, 1.165) is 17.5 Å². The summed E-state index contributed by atoms with van der Waals surface area (Å²) in [6, 6.07) is 8.00. The normalized spacial score (nSPS) is 18.9. The van der Waals surface area contributed by atoms with Crippen LogP contribution in [0.3, 0.4) is 0 Å². The first kappa shape index (κ1) is 24.9. The number of nitrogens with zero attached hydrogens (tertiary/aromatic N) is 5. The largest absolute Gasteiger partial charge is 0.433 e. The Bertz CT molecular complexity index is 1480. The molecule has 1 aliphatic carbocycles. The van der Waals surface area contributed by atoms with E-state index in [1.165, 1.54) is 0 Å². The molecule has 13 heteroatoms. The van der Waals surface area contributed by atoms with E-state index in [1.807, 2.05) is 29.8 Å². The second-order valence-electron chi connectivity index (χ2n) is 10.2. The molecule has 8 nitrogen and oxygen atoms in total. The zero-order valence-corrected chi connectivity index (χ0v) is 20.3. The van der Waals surface area contributed by atoms with E-state index >= 15 is 0 Å². The fraction of sp³-hybridized carbons (Fsp3) is 0.440. The summed E-state index contributed by atoms with van der Waals surface area (Å²) in [6.45, 7) is 0.854. The van der Waals surface area contributed by atoms with Crippen molar-refractivity contribution < 1.29 is 26.7 Å². The number of hydrogen-bond donors (Lipinski definition) is 2. The number of H-pyrrole nitrogens is 1. The van der Waals surface area contributed by atoms with Crippen LogP contribution in [0.5, 0.6) is 0 Å². The van der Waals surface area contributed by atoms with Crippen molar-refractivity contribution >= 4 is 10.9 Å². The molecule has 0 atom stereocenters. The van der Waals surface area contributed by atoms with Gasteiger partial charge >= 0.3 is 6.18 Å². The second kappa shape index (κ2) is 8.80. The summed E-state index contributed by atoms with van der Waals surface area (Å²) in [6.07, 6.45) is -3.17. The van der Waals surface area contributed by atoms with Gasteiger partial charge in [-0.2, -0.15) is 18.3 Å². The number of benzene rings is 1. The van der Waals surface area contributed by atoms with Crippen molar-refractivity contribution in [3.8, 4) is 11.3 Å². The van der Waals surface area contributed by atoms with Crippen molar-refractivity contribution in [1.82, 2.24) is 35.3 Å². The summed E-state index contributed by atoms with van der Waals surface area (Å²) in [5.74, 6) is -1.94. The van der Waals surface area contributed by atoms with E-state index in [0.29, 0.717) is 36.4 Å². The zero-order valence-electron chi connectivity index (χ0n) is 20.3. The minimum atomic E-state index is -4.69. The maximum Gasteiger partial charge on any atom is 0.433 e. The van der Waals surface area contributed by atoms with Crippen molar-refractivity contribution in [2.45, 2.75) is 49.4 Å². The van der Waals surface area contributed by atoms with Gasteiger partial charge < -0.3 is 14.6 Å². The van der Waals surface area contributed by atoms with Gasteiger partial charge in [-0.1, -0.05) is 18.2 Å². The maximum atomic E-state index is 13.8. The first-order chi connectivity index (χ1) is 18.0. The number of hydrogen-bond acceptors (Lipinski definition) is 6. The molecule has 6 rings (SSSR count). The number of ether oxygens (including phenoxy) is 1. The number of halogens is 5. The van der Waals surface area contributed by atoms with Crippen molar-refractivity contribution in [2.75, 3.05) is 13.2 Å². The van der Waals surface area contributed by atoms with Crippen molar-refractivity contribution in [1.29, 1.82) is 0 Å². The lowest BCUT2D eigenvalue weighted by molar-refractivity contribution is -0.141. The number of fused-ring (bicyclic) bond motifs is 1. The van der Waals surface area contributed by atoms with Crippen LogP contribution in [0.25, 0.3) is 22.2 Å². The van der Waals surface area contributed by atoms with E-state index in [1.54, 1.807) is 12.4 Å². The third kappa shape index (κ3) is 4.43. The smallest absolute Gasteiger partial charge is 0.379 e. The molecule has 1 aromatic carbocycles. The third-order valence-corrected chi connectivity index (χ3v) is 7.37. The monoisotopic (exact) mass is 533 g/mol. The summed E-state index contributed by atoms with van der Waals surface area (Å²) in [4.78, 5) is 3.80. The molecule has 0 amide bonds. The van der Waals surface area contributed by atoms with Crippen LogP contribution in [0, 0.1) is 0 Å². The first-order valence-corrected chi connectivity index (χ1v) is 12.1. The molecule has 0 bridgehead atoms. The maximum absolute atomic E-state index is 13.8. The van der Waals surface area contributed by atoms with Gasteiger partial charge in [0.2, 0.25) is 0 Å². The standard InChI is InChI=1S/C25H24F5N7O/c1-37-13-32-34-20(37)9-23(11-38-12-23)15-4-2-3-14(5-15)21-17-6-19(25(28,29)30)33-18(22(17)36-35-21)10-31-16-7-24(26,27)8-16/h2-6,13,16,31H,7-12H2,1H3,(H,35,36). The predicted molar refractivity (Wildman–Crippen MR) is 126 cm³/mol. The number of pyridine rings is 1. The van der Waals surface area contributed by atoms with Crippen LogP contribution in [0.4, 0.5) is 22.0 Å². The molecule has 2 N–H and O–H groups in total. The van der Waals surface area contributed by atoms with Gasteiger partial charge in [-0.15, -0.1) is 10.2 Å². The third-order valence-electron chi connectivity index (χ3n) is 7.37. The Morgan fingerprint density at radius 2 is 1.97 bits per heavy atom. The van der Waals surface area contributed by atoms with Crippen LogP contribution in [0.2, 0.25) is 0 Å². The average molecular weight is 534 g/mol. The topological polar surface area (TPSA) is 93.5 Å². The Kier molecular flexibility index (Phi) is 5.76. The van der Waals surface area contributed by atoms with Gasteiger partial charge in [-0.25, -0.2) is 13.8 Å². The first-order valence-electron chi connectivity index (χ1n) is 12.1. The molecule has 38 heavy (non-hydrogen) atoms. The fourth-order valence-corrected chi connectivity index (χ4v) is 5.11. The predicted octanol–water partition coefficient (Wildman–Crippen LogP) is 4.17. The SMILES string of the molecule is Cn1cnnc1CC1(c2cccc(-c3n[nH]c4c(CNC5CC(F)(F)C5)nc(C(F)(F)F)cc34)c2)COC1. The van der Waals surface area contributed by atoms with Crippen molar-refractivity contribution in [3.63, 3.8) is 0 Å². The molecule has 1 saturated carbocycles. The van der Waals surface area contributed by atoms with Crippen LogP contribution >= 0.6 is 0 Å². The van der Waals surface area contributed by atoms with E-state index in [9.17, 15) is 22.0 Å². The van der Waals surface area contributed by atoms with Gasteiger partial charge in [0.25, 0.3) is 5.92 Å². The lowest BCUT2D eigenvalue weighted by atomic mass is 9.75. The molecule has 1 saturated heterocycles. The van der Waals surface area contributed by atoms with Crippen LogP contribution < -0.4 is 5.32 Å². The van der Waals surface area contributed by atoms with Crippen molar-refractivity contribution in [3.05, 3.63) is 59.4 Å². The number of aryl methyl sites for hydroxylation is 1. The highest BCUT2D eigenvalue weighted by Crippen LogP contribution is 2.40. The Morgan fingerprint density at radius 3 is 2.61 bits per heavy atom. The van der Waals surface area contributed by atoms with Gasteiger partial charge in [-0.05, 0) is 17.7 Å². The summed E-state index contributed by atoms with van der Waals surface area (Å²) >= 11 is 0. The molecule has 3 aromatic heterocycles. The average Bonchev–Trinajstić information content (AvgIpc) is 3.43. The van der Waals surface area contributed by atoms with E-state index in [2.05, 4.69) is 30.7 Å². The van der Waals surface area contributed by atoms with Gasteiger partial charge in [0.05, 0.1) is 24.4 Å². The molecule has 1 aliphatic heterocycles. The number of aromatic nitrogens is 6. The second-order valence-corrected chi connectivity index (χ2v) is 10.2. The summed E-state index contributed by atoms with van der Waals surface area (Å²) in [7, 11) is 1.87. The fourth-order valence-electron chi connectivity index (χ4n) is 5.11. The number of aromatic amines is 1. The molecule has 2 aliphatic rings. The van der Waals surface area contributed by atoms with Crippen molar-refractivity contribution in [2.24, 2.45) is 7.05 Å². The minimum Gasteiger partial charge on any atom is -0.379 e. The lowest BCUT2D eigenvalue weighted by Crippen LogP contribution is -2.49. The molecule has 0 radical (unpaired) electrons. The molecular formula is C25H24F5N7O. The lowest BCUT2D eigenvalue weighted by Gasteiger charge is -2.41. The number of rotatable bonds is 7. The van der Waals surface area contributed by atoms with Gasteiger partial charge in [0, 0.05) is 55.3 Å². The number of nitrogens with one attached hydrogen (secondary N) is 2. The summed E-state index contributed by atoms with van der Waals surface area (Å²) < 4.78 is 75.1. The number of alkyl halides is 5. The Balaban J connectivity index is 1.36. The molecule has 4 aromatic rings. The highest BCUT2D eigenvalue weighted by molar-refractivity contribution is 5.94. The van der Waals surface area contributed by atoms with E-state index in [4.69, 9.17) is 4.74 Å². The van der Waals surface area contributed by atoms with Crippen LogP contribution in [-0.4, -0.2) is 55.1 Å². The molecule has 200 valence electrons. The molecule has 2 fully saturated rings. The van der Waals surface area contributed by atoms with Gasteiger partial charge in [0.1, 0.15) is 23.5 Å². The van der Waals surface area contributed by atoms with E-state index < -0.39 is 23.8 Å². The van der Waals surface area contributed by atoms with E-state index in [-0.39, 0.29) is 35.9 Å². The zero-order chi connectivity index (χ0) is 26.7. The van der Waals surface area contributed by atoms with Gasteiger partial charge in [0.15, 0.2) is 0 Å². The summed E-state index contributed by atoms with van der Waals surface area (Å²) in [5.41, 5.74) is 0.935. The quantitative estimate of drug-likeness (QED) is 0.347. The van der Waals surface area contributed by atoms with Crippen LogP contribution in [0.1, 0.15) is 35.6 Å². The molecule has 0 spiro atoms. The molecular weight excluding hydrogens is 509 g/mol. The highest BCUT2D eigenvalue weighted by Gasteiger charge is 2.45. The Labute approximate surface area is 213 Å². The van der Waals surface area contributed by atoms with Crippen LogP contribution in [-0.2, 0) is 36.3 Å². The Hall–Kier alpha value is -3.45. The minimum absolute atomic E-state index is 0.0751. The summed E-state index contributed by atoms with van der Waals surface area (Å²) in [5, 5.41) is 18.5. The molecule has 4 heterocycles. The molecule has 0 unspecified atom stereocenters. The van der Waals surface area contributed by atoms with Gasteiger partial charge in [-0.3, -0.25) is 5.10 Å². The Morgan fingerprint density at radius 1 is 1.18 bits per heavy atom. The van der Waals surface area contributed by atoms with Crippen LogP contribution in [0.15, 0.2) is 36.7 Å². The highest BCUT2D eigenvalue weighted by atomic mass is 19.4.